The lowest BCUT2D eigenvalue weighted by molar-refractivity contribution is 0.311. The van der Waals surface area contributed by atoms with Gasteiger partial charge in [0.2, 0.25) is 0 Å². The largest absolute Gasteiger partial charge is 0.0704 e. The summed E-state index contributed by atoms with van der Waals surface area (Å²) in [6.45, 7) is 4.65. The zero-order chi connectivity index (χ0) is 13.6. The Morgan fingerprint density at radius 3 is 1.63 bits per heavy atom. The molecule has 1 fully saturated rings. The van der Waals surface area contributed by atoms with Gasteiger partial charge in [-0.15, -0.1) is 0 Å². The van der Waals surface area contributed by atoms with Gasteiger partial charge < -0.3 is 0 Å². The highest BCUT2D eigenvalue weighted by Gasteiger charge is 2.39. The Kier molecular flexibility index (Phi) is 5.98. The maximum absolute atomic E-state index is 2.32. The van der Waals surface area contributed by atoms with Crippen LogP contribution >= 0.6 is 0 Å². The number of rotatable bonds is 8. The molecule has 0 N–H and O–H groups in total. The molecule has 0 heterocycles. The van der Waals surface area contributed by atoms with E-state index in [0.717, 1.165) is 5.41 Å². The van der Waals surface area contributed by atoms with Crippen molar-refractivity contribution in [1.82, 2.24) is 0 Å². The molecule has 0 amide bonds. The van der Waals surface area contributed by atoms with Crippen molar-refractivity contribution in [3.8, 4) is 0 Å². The van der Waals surface area contributed by atoms with Crippen molar-refractivity contribution in [1.29, 1.82) is 0 Å². The second kappa shape index (κ2) is 7.50. The van der Waals surface area contributed by atoms with Crippen molar-refractivity contribution >= 4 is 0 Å². The van der Waals surface area contributed by atoms with Gasteiger partial charge in [0.25, 0.3) is 0 Å². The minimum absolute atomic E-state index is 0.753. The zero-order valence-corrected chi connectivity index (χ0v) is 13.4. The first-order chi connectivity index (χ1) is 9.29. The minimum Gasteiger partial charge on any atom is -0.0704 e. The summed E-state index contributed by atoms with van der Waals surface area (Å²) >= 11 is 0. The fourth-order valence-electron chi connectivity index (χ4n) is 4.40. The molecule has 0 bridgehead atoms. The molecular weight excluding hydrogens is 228 g/mol. The van der Waals surface area contributed by atoms with E-state index >= 15 is 0 Å². The lowest BCUT2D eigenvalue weighted by Gasteiger charge is -2.23. The van der Waals surface area contributed by atoms with Crippen LogP contribution in [0.1, 0.15) is 104 Å². The summed E-state index contributed by atoms with van der Waals surface area (Å²) in [4.78, 5) is 0. The normalized spacial score (nSPS) is 21.8. The van der Waals surface area contributed by atoms with E-state index in [2.05, 4.69) is 13.8 Å². The summed E-state index contributed by atoms with van der Waals surface area (Å²) < 4.78 is 0. The summed E-state index contributed by atoms with van der Waals surface area (Å²) in [5.41, 5.74) is 4.57. The molecule has 0 unspecified atom stereocenters. The van der Waals surface area contributed by atoms with E-state index in [1.54, 1.807) is 0 Å². The highest BCUT2D eigenvalue weighted by molar-refractivity contribution is 5.25. The van der Waals surface area contributed by atoms with Crippen LogP contribution in [0.25, 0.3) is 0 Å². The molecule has 2 rings (SSSR count). The molecule has 1 spiro atoms. The molecule has 0 heteroatoms. The van der Waals surface area contributed by atoms with Gasteiger partial charge in [0.1, 0.15) is 0 Å². The Bertz CT molecular complexity index is 267. The standard InChI is InChI=1S/C19H34/c1-3-5-7-11-17-15-19(13-9-10-14-19)16-18(17)12-8-6-4-2/h3-16H2,1-2H3. The Labute approximate surface area is 121 Å². The third-order valence-corrected chi connectivity index (χ3v) is 5.51. The van der Waals surface area contributed by atoms with E-state index in [1.807, 2.05) is 11.1 Å². The fraction of sp³-hybridized carbons (Fsp3) is 0.895. The maximum atomic E-state index is 2.32. The van der Waals surface area contributed by atoms with Gasteiger partial charge in [0, 0.05) is 0 Å². The number of hydrogen-bond acceptors (Lipinski definition) is 0. The van der Waals surface area contributed by atoms with Crippen LogP contribution in [0, 0.1) is 5.41 Å². The number of hydrogen-bond donors (Lipinski definition) is 0. The quantitative estimate of drug-likeness (QED) is 0.333. The molecule has 0 radical (unpaired) electrons. The molecule has 0 atom stereocenters. The molecule has 1 saturated carbocycles. The smallest absolute Gasteiger partial charge is 0.0223 e. The van der Waals surface area contributed by atoms with Crippen LogP contribution in [0.2, 0.25) is 0 Å². The van der Waals surface area contributed by atoms with E-state index < -0.39 is 0 Å². The third-order valence-electron chi connectivity index (χ3n) is 5.51. The Hall–Kier alpha value is -0.260. The summed E-state index contributed by atoms with van der Waals surface area (Å²) in [5, 5.41) is 0. The average Bonchev–Trinajstić information content (AvgIpc) is 2.99. The van der Waals surface area contributed by atoms with E-state index in [0.29, 0.717) is 0 Å². The van der Waals surface area contributed by atoms with Crippen LogP contribution in [-0.4, -0.2) is 0 Å². The van der Waals surface area contributed by atoms with Gasteiger partial charge in [-0.3, -0.25) is 0 Å². The van der Waals surface area contributed by atoms with Crippen LogP contribution in [0.3, 0.4) is 0 Å². The predicted molar refractivity (Wildman–Crippen MR) is 85.4 cm³/mol. The lowest BCUT2D eigenvalue weighted by Crippen LogP contribution is -2.11. The third kappa shape index (κ3) is 4.10. The predicted octanol–water partition coefficient (Wildman–Crippen LogP) is 6.80. The maximum Gasteiger partial charge on any atom is -0.0223 e. The summed E-state index contributed by atoms with van der Waals surface area (Å²) in [6, 6.07) is 0. The highest BCUT2D eigenvalue weighted by Crippen LogP contribution is 2.54. The molecule has 19 heavy (non-hydrogen) atoms. The summed E-state index contributed by atoms with van der Waals surface area (Å²) in [6.07, 6.45) is 20.4. The minimum atomic E-state index is 0.753. The van der Waals surface area contributed by atoms with Gasteiger partial charge in [-0.1, -0.05) is 63.5 Å². The van der Waals surface area contributed by atoms with Crippen LogP contribution < -0.4 is 0 Å². The molecule has 0 nitrogen and oxygen atoms in total. The van der Waals surface area contributed by atoms with Crippen molar-refractivity contribution in [2.45, 2.75) is 104 Å². The zero-order valence-electron chi connectivity index (χ0n) is 13.4. The Morgan fingerprint density at radius 1 is 0.737 bits per heavy atom. The fourth-order valence-corrected chi connectivity index (χ4v) is 4.40. The monoisotopic (exact) mass is 262 g/mol. The Morgan fingerprint density at radius 2 is 1.21 bits per heavy atom. The van der Waals surface area contributed by atoms with Gasteiger partial charge in [-0.2, -0.15) is 0 Å². The molecule has 2 aliphatic carbocycles. The lowest BCUT2D eigenvalue weighted by atomic mass is 9.81. The van der Waals surface area contributed by atoms with Gasteiger partial charge in [-0.25, -0.2) is 0 Å². The van der Waals surface area contributed by atoms with Crippen molar-refractivity contribution < 1.29 is 0 Å². The first-order valence-electron chi connectivity index (χ1n) is 8.99. The van der Waals surface area contributed by atoms with E-state index in [4.69, 9.17) is 0 Å². The van der Waals surface area contributed by atoms with E-state index in [-0.39, 0.29) is 0 Å². The molecule has 110 valence electrons. The summed E-state index contributed by atoms with van der Waals surface area (Å²) in [5.74, 6) is 0. The van der Waals surface area contributed by atoms with Crippen LogP contribution in [0.15, 0.2) is 11.1 Å². The molecular formula is C19H34. The van der Waals surface area contributed by atoms with Crippen molar-refractivity contribution in [2.75, 3.05) is 0 Å². The molecule has 0 aliphatic heterocycles. The van der Waals surface area contributed by atoms with Crippen LogP contribution in [0.4, 0.5) is 0 Å². The van der Waals surface area contributed by atoms with Gasteiger partial charge in [-0.05, 0) is 56.8 Å². The second-order valence-electron chi connectivity index (χ2n) is 7.18. The topological polar surface area (TPSA) is 0 Å². The highest BCUT2D eigenvalue weighted by atomic mass is 14.4. The van der Waals surface area contributed by atoms with E-state index in [9.17, 15) is 0 Å². The SMILES string of the molecule is CCCCCC1=C(CCCCC)CC2(CCCC2)C1. The molecule has 0 aromatic carbocycles. The first kappa shape index (κ1) is 15.1. The Balaban J connectivity index is 1.91. The van der Waals surface area contributed by atoms with Gasteiger partial charge >= 0.3 is 0 Å². The first-order valence-corrected chi connectivity index (χ1v) is 8.99. The van der Waals surface area contributed by atoms with Crippen molar-refractivity contribution in [2.24, 2.45) is 5.41 Å². The molecule has 2 aliphatic rings. The van der Waals surface area contributed by atoms with Crippen LogP contribution in [0.5, 0.6) is 0 Å². The number of allylic oxidation sites excluding steroid dienone is 2. The van der Waals surface area contributed by atoms with Gasteiger partial charge in [0.05, 0.1) is 0 Å². The van der Waals surface area contributed by atoms with Gasteiger partial charge in [0.15, 0.2) is 0 Å². The molecule has 0 saturated heterocycles. The van der Waals surface area contributed by atoms with Crippen molar-refractivity contribution in [3.63, 3.8) is 0 Å². The summed E-state index contributed by atoms with van der Waals surface area (Å²) in [7, 11) is 0. The average molecular weight is 262 g/mol. The molecule has 0 aromatic heterocycles. The van der Waals surface area contributed by atoms with Crippen molar-refractivity contribution in [3.05, 3.63) is 11.1 Å². The number of unbranched alkanes of at least 4 members (excludes halogenated alkanes) is 4. The second-order valence-corrected chi connectivity index (χ2v) is 7.18. The van der Waals surface area contributed by atoms with E-state index in [1.165, 1.54) is 89.9 Å². The van der Waals surface area contributed by atoms with Crippen LogP contribution in [-0.2, 0) is 0 Å². The molecule has 0 aromatic rings.